The van der Waals surface area contributed by atoms with E-state index in [1.807, 2.05) is 49.4 Å². The molecule has 6 nitrogen and oxygen atoms in total. The first-order valence-corrected chi connectivity index (χ1v) is 10.4. The predicted molar refractivity (Wildman–Crippen MR) is 113 cm³/mol. The van der Waals surface area contributed by atoms with Crippen LogP contribution in [0, 0.1) is 0 Å². The molecule has 4 amide bonds. The van der Waals surface area contributed by atoms with E-state index in [2.05, 4.69) is 0 Å². The number of likely N-dealkylation sites (N-methyl/N-ethyl adjacent to an activating group) is 2. The van der Waals surface area contributed by atoms with E-state index in [9.17, 15) is 14.4 Å². The highest BCUT2D eigenvalue weighted by molar-refractivity contribution is 6.10. The van der Waals surface area contributed by atoms with Gasteiger partial charge in [0.05, 0.1) is 0 Å². The van der Waals surface area contributed by atoms with Crippen molar-refractivity contribution in [3.05, 3.63) is 42.5 Å². The highest BCUT2D eigenvalue weighted by Crippen LogP contribution is 2.39. The summed E-state index contributed by atoms with van der Waals surface area (Å²) < 4.78 is 0. The number of benzene rings is 2. The van der Waals surface area contributed by atoms with Crippen molar-refractivity contribution in [1.29, 1.82) is 0 Å². The monoisotopic (exact) mass is 393 g/mol. The largest absolute Gasteiger partial charge is 0.327 e. The minimum absolute atomic E-state index is 0.215. The van der Waals surface area contributed by atoms with E-state index in [-0.39, 0.29) is 24.4 Å². The molecule has 2 aromatic carbocycles. The molecule has 0 atom stereocenters. The molecule has 152 valence electrons. The van der Waals surface area contributed by atoms with Crippen molar-refractivity contribution in [3.63, 3.8) is 0 Å². The van der Waals surface area contributed by atoms with Crippen molar-refractivity contribution in [2.45, 2.75) is 44.6 Å². The molecule has 0 N–H and O–H groups in total. The maximum absolute atomic E-state index is 13.2. The number of hydrogen-bond donors (Lipinski definition) is 0. The van der Waals surface area contributed by atoms with Crippen LogP contribution in [-0.4, -0.2) is 53.3 Å². The smallest absolute Gasteiger partial charge is 0.313 e. The van der Waals surface area contributed by atoms with Gasteiger partial charge in [-0.2, -0.15) is 0 Å². The molecule has 2 fully saturated rings. The first kappa shape index (κ1) is 19.4. The second-order valence-electron chi connectivity index (χ2n) is 7.99. The van der Waals surface area contributed by atoms with Crippen molar-refractivity contribution >= 4 is 34.3 Å². The van der Waals surface area contributed by atoms with Gasteiger partial charge in [-0.1, -0.05) is 49.6 Å². The van der Waals surface area contributed by atoms with Crippen LogP contribution in [0.15, 0.2) is 42.5 Å². The molecule has 0 bridgehead atoms. The summed E-state index contributed by atoms with van der Waals surface area (Å²) in [6, 6.07) is 13.5. The predicted octanol–water partition coefficient (Wildman–Crippen LogP) is 3.79. The maximum Gasteiger partial charge on any atom is 0.327 e. The fourth-order valence-electron chi connectivity index (χ4n) is 4.74. The van der Waals surface area contributed by atoms with Crippen molar-refractivity contribution in [2.24, 2.45) is 0 Å². The Morgan fingerprint density at radius 1 is 1.03 bits per heavy atom. The molecule has 4 rings (SSSR count). The number of carbonyl (C=O) groups is 3. The summed E-state index contributed by atoms with van der Waals surface area (Å²) in [7, 11) is 1.69. The van der Waals surface area contributed by atoms with Gasteiger partial charge in [-0.05, 0) is 42.7 Å². The molecule has 29 heavy (non-hydrogen) atoms. The van der Waals surface area contributed by atoms with Crippen molar-refractivity contribution < 1.29 is 14.4 Å². The Hall–Kier alpha value is -2.89. The van der Waals surface area contributed by atoms with Crippen LogP contribution in [0.3, 0.4) is 0 Å². The third-order valence-corrected chi connectivity index (χ3v) is 6.44. The van der Waals surface area contributed by atoms with Gasteiger partial charge in [-0.15, -0.1) is 0 Å². The van der Waals surface area contributed by atoms with Gasteiger partial charge in [0.1, 0.15) is 12.1 Å². The molecule has 2 aliphatic rings. The molecule has 1 aliphatic heterocycles. The Bertz CT molecular complexity index is 965. The molecule has 1 saturated carbocycles. The number of hydrogen-bond acceptors (Lipinski definition) is 3. The highest BCUT2D eigenvalue weighted by atomic mass is 16.2. The quantitative estimate of drug-likeness (QED) is 0.743. The Morgan fingerprint density at radius 3 is 2.41 bits per heavy atom. The summed E-state index contributed by atoms with van der Waals surface area (Å²) in [6.45, 7) is 2.15. The van der Waals surface area contributed by atoms with Crippen molar-refractivity contribution in [2.75, 3.05) is 25.0 Å². The minimum atomic E-state index is -0.754. The summed E-state index contributed by atoms with van der Waals surface area (Å²) in [4.78, 5) is 43.4. The number of fused-ring (bicyclic) bond motifs is 1. The van der Waals surface area contributed by atoms with Gasteiger partial charge >= 0.3 is 6.03 Å². The second-order valence-corrected chi connectivity index (χ2v) is 7.99. The number of nitrogens with zero attached hydrogens (tertiary/aromatic N) is 3. The average Bonchev–Trinajstić information content (AvgIpc) is 2.91. The number of carbonyl (C=O) groups excluding carboxylic acids is 3. The average molecular weight is 393 g/mol. The summed E-state index contributed by atoms with van der Waals surface area (Å²) in [6.07, 6.45) is 4.32. The van der Waals surface area contributed by atoms with Crippen molar-refractivity contribution in [1.82, 2.24) is 9.80 Å². The Morgan fingerprint density at radius 2 is 1.72 bits per heavy atom. The van der Waals surface area contributed by atoms with Crippen LogP contribution in [0.2, 0.25) is 0 Å². The number of urea groups is 1. The lowest BCUT2D eigenvalue weighted by Crippen LogP contribution is -2.49. The van der Waals surface area contributed by atoms with Crippen LogP contribution in [-0.2, 0) is 9.59 Å². The van der Waals surface area contributed by atoms with Crippen LogP contribution in [0.1, 0.15) is 39.0 Å². The van der Waals surface area contributed by atoms with E-state index in [0.29, 0.717) is 19.4 Å². The van der Waals surface area contributed by atoms with Crippen LogP contribution in [0.25, 0.3) is 10.8 Å². The van der Waals surface area contributed by atoms with Crippen molar-refractivity contribution in [3.8, 4) is 0 Å². The zero-order valence-electron chi connectivity index (χ0n) is 17.1. The van der Waals surface area contributed by atoms with E-state index < -0.39 is 5.54 Å². The standard InChI is InChI=1S/C23H27N3O3/c1-3-25(19-12-11-17-9-5-6-10-18(17)15-19)20(27)16-26-21(28)23(24(2)22(26)29)13-7-4-8-14-23/h5-6,9-12,15H,3-4,7-8,13-14,16H2,1-2H3. The molecule has 0 radical (unpaired) electrons. The maximum atomic E-state index is 13.2. The number of imide groups is 1. The molecule has 0 aromatic heterocycles. The zero-order valence-corrected chi connectivity index (χ0v) is 17.1. The first-order chi connectivity index (χ1) is 14.0. The summed E-state index contributed by atoms with van der Waals surface area (Å²) in [5.41, 5.74) is 0.0197. The van der Waals surface area contributed by atoms with Gasteiger partial charge < -0.3 is 9.80 Å². The van der Waals surface area contributed by atoms with E-state index in [1.165, 1.54) is 0 Å². The van der Waals surface area contributed by atoms with Gasteiger partial charge in [0.15, 0.2) is 0 Å². The summed E-state index contributed by atoms with van der Waals surface area (Å²) in [5, 5.41) is 2.15. The lowest BCUT2D eigenvalue weighted by molar-refractivity contribution is -0.136. The minimum Gasteiger partial charge on any atom is -0.313 e. The molecule has 1 saturated heterocycles. The molecular weight excluding hydrogens is 366 g/mol. The molecule has 1 aliphatic carbocycles. The van der Waals surface area contributed by atoms with Gasteiger partial charge in [-0.25, -0.2) is 4.79 Å². The van der Waals surface area contributed by atoms with Crippen LogP contribution in [0.5, 0.6) is 0 Å². The van der Waals surface area contributed by atoms with E-state index >= 15 is 0 Å². The first-order valence-electron chi connectivity index (χ1n) is 10.4. The normalized spacial score (nSPS) is 18.7. The topological polar surface area (TPSA) is 60.9 Å². The highest BCUT2D eigenvalue weighted by Gasteiger charge is 2.56. The van der Waals surface area contributed by atoms with Gasteiger partial charge in [-0.3, -0.25) is 14.5 Å². The van der Waals surface area contributed by atoms with Crippen LogP contribution >= 0.6 is 0 Å². The van der Waals surface area contributed by atoms with Gasteiger partial charge in [0, 0.05) is 19.3 Å². The lowest BCUT2D eigenvalue weighted by atomic mass is 9.81. The van der Waals surface area contributed by atoms with Gasteiger partial charge in [0.2, 0.25) is 5.91 Å². The fourth-order valence-corrected chi connectivity index (χ4v) is 4.74. The summed E-state index contributed by atoms with van der Waals surface area (Å²) >= 11 is 0. The molecular formula is C23H27N3O3. The number of rotatable bonds is 4. The summed E-state index contributed by atoms with van der Waals surface area (Å²) in [5.74, 6) is -0.460. The Kier molecular flexibility index (Phi) is 5.03. The third kappa shape index (κ3) is 3.16. The fraction of sp³-hybridized carbons (Fsp3) is 0.435. The zero-order chi connectivity index (χ0) is 20.6. The van der Waals surface area contributed by atoms with E-state index in [4.69, 9.17) is 0 Å². The van der Waals surface area contributed by atoms with E-state index in [1.54, 1.807) is 16.8 Å². The lowest BCUT2D eigenvalue weighted by Gasteiger charge is -2.35. The molecule has 2 aromatic rings. The van der Waals surface area contributed by atoms with E-state index in [0.717, 1.165) is 40.6 Å². The molecule has 0 unspecified atom stereocenters. The molecule has 1 spiro atoms. The van der Waals surface area contributed by atoms with Crippen LogP contribution < -0.4 is 4.90 Å². The van der Waals surface area contributed by atoms with Crippen LogP contribution in [0.4, 0.5) is 10.5 Å². The molecule has 1 heterocycles. The van der Waals surface area contributed by atoms with Gasteiger partial charge in [0.25, 0.3) is 5.91 Å². The number of anilines is 1. The SMILES string of the molecule is CCN(C(=O)CN1C(=O)N(C)C2(CCCCC2)C1=O)c1ccc2ccccc2c1. The number of amides is 4. The second kappa shape index (κ2) is 7.50. The molecule has 6 heteroatoms. The Labute approximate surface area is 171 Å². The third-order valence-electron chi connectivity index (χ3n) is 6.44. The Balaban J connectivity index is 1.56.